The molecule has 1 aromatic rings. The van der Waals surface area contributed by atoms with Crippen LogP contribution in [-0.2, 0) is 0 Å². The number of nitrogens with zero attached hydrogens (tertiary/aromatic N) is 2. The fourth-order valence-electron chi connectivity index (χ4n) is 1.56. The lowest BCUT2D eigenvalue weighted by Gasteiger charge is -2.15. The van der Waals surface area contributed by atoms with E-state index in [0.717, 1.165) is 17.9 Å². The van der Waals surface area contributed by atoms with E-state index in [0.29, 0.717) is 11.9 Å². The predicted octanol–water partition coefficient (Wildman–Crippen LogP) is 2.67. The molecule has 2 N–H and O–H groups in total. The molecule has 0 spiro atoms. The highest BCUT2D eigenvalue weighted by molar-refractivity contribution is 5.46. The van der Waals surface area contributed by atoms with Crippen molar-refractivity contribution in [3.63, 3.8) is 0 Å². The van der Waals surface area contributed by atoms with Crippen molar-refractivity contribution in [2.45, 2.75) is 33.6 Å². The van der Waals surface area contributed by atoms with Crippen molar-refractivity contribution >= 4 is 11.8 Å². The van der Waals surface area contributed by atoms with Crippen molar-refractivity contribution < 1.29 is 0 Å². The molecule has 4 heteroatoms. The summed E-state index contributed by atoms with van der Waals surface area (Å²) in [7, 11) is 1.83. The van der Waals surface area contributed by atoms with Gasteiger partial charge in [0.1, 0.15) is 5.82 Å². The minimum absolute atomic E-state index is 0.664. The van der Waals surface area contributed by atoms with E-state index in [9.17, 15) is 0 Å². The third kappa shape index (κ3) is 3.36. The summed E-state index contributed by atoms with van der Waals surface area (Å²) >= 11 is 0. The summed E-state index contributed by atoms with van der Waals surface area (Å²) in [5.41, 5.74) is 1.09. The van der Waals surface area contributed by atoms with Crippen molar-refractivity contribution in [1.29, 1.82) is 0 Å². The summed E-state index contributed by atoms with van der Waals surface area (Å²) in [5, 5.41) is 6.35. The van der Waals surface area contributed by atoms with Gasteiger partial charge in [0.05, 0.1) is 0 Å². The minimum atomic E-state index is 0.664. The monoisotopic (exact) mass is 222 g/mol. The van der Waals surface area contributed by atoms with Crippen LogP contribution in [0.4, 0.5) is 11.8 Å². The number of hydrogen-bond acceptors (Lipinski definition) is 4. The number of aryl methyl sites for hydroxylation is 1. The van der Waals surface area contributed by atoms with Crippen LogP contribution >= 0.6 is 0 Å². The van der Waals surface area contributed by atoms with E-state index >= 15 is 0 Å². The fraction of sp³-hybridized carbons (Fsp3) is 0.667. The molecule has 0 saturated carbocycles. The quantitative estimate of drug-likeness (QED) is 0.777. The largest absolute Gasteiger partial charge is 0.369 e. The maximum Gasteiger partial charge on any atom is 0.224 e. The normalized spacial score (nSPS) is 10.6. The molecule has 0 unspecified atom stereocenters. The first-order valence-electron chi connectivity index (χ1n) is 5.96. The van der Waals surface area contributed by atoms with Gasteiger partial charge in [-0.1, -0.05) is 26.7 Å². The van der Waals surface area contributed by atoms with Crippen molar-refractivity contribution in [3.8, 4) is 0 Å². The second-order valence-corrected chi connectivity index (χ2v) is 4.04. The van der Waals surface area contributed by atoms with Crippen LogP contribution in [0.2, 0.25) is 0 Å². The summed E-state index contributed by atoms with van der Waals surface area (Å²) in [6, 6.07) is 0. The molecule has 0 aliphatic carbocycles. The van der Waals surface area contributed by atoms with Crippen LogP contribution in [0.3, 0.4) is 0 Å². The summed E-state index contributed by atoms with van der Waals surface area (Å²) in [4.78, 5) is 8.56. The standard InChI is InChI=1S/C12H22N4/c1-5-10(6-2)8-14-11-9(3)7-15-12(13-4)16-11/h7,10H,5-6,8H2,1-4H3,(H2,13,14,15,16). The van der Waals surface area contributed by atoms with Gasteiger partial charge < -0.3 is 10.6 Å². The first kappa shape index (κ1) is 12.7. The van der Waals surface area contributed by atoms with Gasteiger partial charge in [0.2, 0.25) is 5.95 Å². The second kappa shape index (κ2) is 6.30. The molecule has 0 aliphatic rings. The molecular weight excluding hydrogens is 200 g/mol. The molecule has 0 saturated heterocycles. The van der Waals surface area contributed by atoms with Crippen LogP contribution in [-0.4, -0.2) is 23.6 Å². The highest BCUT2D eigenvalue weighted by Gasteiger charge is 2.06. The molecule has 0 amide bonds. The summed E-state index contributed by atoms with van der Waals surface area (Å²) in [6.07, 6.45) is 4.24. The Kier molecular flexibility index (Phi) is 5.02. The Labute approximate surface area is 97.9 Å². The zero-order chi connectivity index (χ0) is 12.0. The van der Waals surface area contributed by atoms with Crippen molar-refractivity contribution in [3.05, 3.63) is 11.8 Å². The highest BCUT2D eigenvalue weighted by Crippen LogP contribution is 2.14. The first-order chi connectivity index (χ1) is 7.71. The zero-order valence-electron chi connectivity index (χ0n) is 10.7. The van der Waals surface area contributed by atoms with Crippen LogP contribution in [0, 0.1) is 12.8 Å². The van der Waals surface area contributed by atoms with E-state index in [1.54, 1.807) is 0 Å². The number of nitrogens with one attached hydrogen (secondary N) is 2. The topological polar surface area (TPSA) is 49.8 Å². The molecule has 0 aliphatic heterocycles. The van der Waals surface area contributed by atoms with Gasteiger partial charge in [-0.3, -0.25) is 0 Å². The second-order valence-electron chi connectivity index (χ2n) is 4.04. The molecule has 1 heterocycles. The molecule has 0 radical (unpaired) electrons. The molecule has 1 aromatic heterocycles. The van der Waals surface area contributed by atoms with Gasteiger partial charge in [-0.2, -0.15) is 4.98 Å². The number of aromatic nitrogens is 2. The third-order valence-corrected chi connectivity index (χ3v) is 2.91. The Balaban J connectivity index is 2.65. The molecule has 90 valence electrons. The lowest BCUT2D eigenvalue weighted by atomic mass is 10.0. The lowest BCUT2D eigenvalue weighted by Crippen LogP contribution is -2.15. The lowest BCUT2D eigenvalue weighted by molar-refractivity contribution is 0.518. The van der Waals surface area contributed by atoms with Crippen molar-refractivity contribution in [2.75, 3.05) is 24.2 Å². The first-order valence-corrected chi connectivity index (χ1v) is 5.96. The number of rotatable bonds is 6. The Bertz CT molecular complexity index is 321. The molecule has 1 rings (SSSR count). The average molecular weight is 222 g/mol. The average Bonchev–Trinajstić information content (AvgIpc) is 2.32. The molecule has 0 atom stereocenters. The van der Waals surface area contributed by atoms with Crippen LogP contribution in [0.15, 0.2) is 6.20 Å². The van der Waals surface area contributed by atoms with Gasteiger partial charge in [0.25, 0.3) is 0 Å². The van der Waals surface area contributed by atoms with Crippen LogP contribution < -0.4 is 10.6 Å². The van der Waals surface area contributed by atoms with Gasteiger partial charge >= 0.3 is 0 Å². The van der Waals surface area contributed by atoms with Crippen LogP contribution in [0.25, 0.3) is 0 Å². The molecule has 0 bridgehead atoms. The highest BCUT2D eigenvalue weighted by atomic mass is 15.1. The fourth-order valence-corrected chi connectivity index (χ4v) is 1.56. The van der Waals surface area contributed by atoms with E-state index in [1.165, 1.54) is 12.8 Å². The van der Waals surface area contributed by atoms with Gasteiger partial charge in [0.15, 0.2) is 0 Å². The van der Waals surface area contributed by atoms with E-state index < -0.39 is 0 Å². The summed E-state index contributed by atoms with van der Waals surface area (Å²) in [5.74, 6) is 2.32. The van der Waals surface area contributed by atoms with Gasteiger partial charge in [0, 0.05) is 25.4 Å². The summed E-state index contributed by atoms with van der Waals surface area (Å²) < 4.78 is 0. The molecule has 16 heavy (non-hydrogen) atoms. The minimum Gasteiger partial charge on any atom is -0.369 e. The van der Waals surface area contributed by atoms with Crippen LogP contribution in [0.1, 0.15) is 32.3 Å². The Morgan fingerprint density at radius 1 is 1.31 bits per heavy atom. The molecule has 0 aromatic carbocycles. The third-order valence-electron chi connectivity index (χ3n) is 2.91. The van der Waals surface area contributed by atoms with Crippen molar-refractivity contribution in [2.24, 2.45) is 5.92 Å². The number of hydrogen-bond donors (Lipinski definition) is 2. The number of anilines is 2. The predicted molar refractivity (Wildman–Crippen MR) is 68.9 cm³/mol. The van der Waals surface area contributed by atoms with Crippen molar-refractivity contribution in [1.82, 2.24) is 9.97 Å². The Hall–Kier alpha value is -1.32. The van der Waals surface area contributed by atoms with Gasteiger partial charge in [-0.05, 0) is 12.8 Å². The van der Waals surface area contributed by atoms with E-state index in [2.05, 4.69) is 34.4 Å². The maximum atomic E-state index is 4.40. The maximum absolute atomic E-state index is 4.40. The van der Waals surface area contributed by atoms with E-state index in [4.69, 9.17) is 0 Å². The van der Waals surface area contributed by atoms with Crippen LogP contribution in [0.5, 0.6) is 0 Å². The van der Waals surface area contributed by atoms with Gasteiger partial charge in [-0.15, -0.1) is 0 Å². The van der Waals surface area contributed by atoms with E-state index in [-0.39, 0.29) is 0 Å². The Morgan fingerprint density at radius 3 is 2.56 bits per heavy atom. The SMILES string of the molecule is CCC(CC)CNc1nc(NC)ncc1C. The molecule has 0 fully saturated rings. The smallest absolute Gasteiger partial charge is 0.224 e. The molecular formula is C12H22N4. The molecule has 4 nitrogen and oxygen atoms in total. The Morgan fingerprint density at radius 2 is 2.00 bits per heavy atom. The van der Waals surface area contributed by atoms with Gasteiger partial charge in [-0.25, -0.2) is 4.98 Å². The van der Waals surface area contributed by atoms with E-state index in [1.807, 2.05) is 20.2 Å². The summed E-state index contributed by atoms with van der Waals surface area (Å²) in [6.45, 7) is 7.45. The zero-order valence-corrected chi connectivity index (χ0v) is 10.7.